The smallest absolute Gasteiger partial charge is 0.191 e. The summed E-state index contributed by atoms with van der Waals surface area (Å²) in [5.41, 5.74) is 0. The Morgan fingerprint density at radius 2 is 1.95 bits per heavy atom. The molecule has 2 rings (SSSR count). The van der Waals surface area contributed by atoms with Gasteiger partial charge in [0.25, 0.3) is 0 Å². The van der Waals surface area contributed by atoms with Crippen molar-refractivity contribution in [1.29, 1.82) is 0 Å². The predicted molar refractivity (Wildman–Crippen MR) is 86.1 cm³/mol. The number of nitrogens with zero attached hydrogens (tertiary/aromatic N) is 2. The van der Waals surface area contributed by atoms with Gasteiger partial charge in [-0.25, -0.2) is 0 Å². The number of guanidine groups is 1. The third-order valence-electron chi connectivity index (χ3n) is 4.70. The van der Waals surface area contributed by atoms with Crippen molar-refractivity contribution in [3.05, 3.63) is 0 Å². The number of hydrogen-bond donors (Lipinski definition) is 2. The van der Waals surface area contributed by atoms with Crippen LogP contribution >= 0.6 is 0 Å². The minimum Gasteiger partial charge on any atom is -0.357 e. The quantitative estimate of drug-likeness (QED) is 0.612. The van der Waals surface area contributed by atoms with Crippen molar-refractivity contribution in [2.24, 2.45) is 16.8 Å². The second-order valence-corrected chi connectivity index (χ2v) is 6.74. The maximum Gasteiger partial charge on any atom is 0.191 e. The Morgan fingerprint density at radius 3 is 2.55 bits per heavy atom. The fourth-order valence-electron chi connectivity index (χ4n) is 3.31. The first-order valence-corrected chi connectivity index (χ1v) is 8.40. The van der Waals surface area contributed by atoms with E-state index >= 15 is 0 Å². The molecule has 1 aliphatic carbocycles. The van der Waals surface area contributed by atoms with Crippen LogP contribution in [0, 0.1) is 11.8 Å². The van der Waals surface area contributed by atoms with E-state index in [0.29, 0.717) is 6.04 Å². The first-order valence-electron chi connectivity index (χ1n) is 8.40. The summed E-state index contributed by atoms with van der Waals surface area (Å²) in [4.78, 5) is 7.22. The molecule has 116 valence electrons. The number of aliphatic imine (C=N–C) groups is 1. The summed E-state index contributed by atoms with van der Waals surface area (Å²) in [6.07, 6.45) is 6.57. The number of rotatable bonds is 4. The van der Waals surface area contributed by atoms with Gasteiger partial charge >= 0.3 is 0 Å². The van der Waals surface area contributed by atoms with Gasteiger partial charge < -0.3 is 15.5 Å². The van der Waals surface area contributed by atoms with Crippen LogP contribution in [0.3, 0.4) is 0 Å². The number of likely N-dealkylation sites (tertiary alicyclic amines) is 1. The first kappa shape index (κ1) is 15.6. The Balaban J connectivity index is 1.79. The van der Waals surface area contributed by atoms with Crippen LogP contribution in [0.5, 0.6) is 0 Å². The molecular formula is C16H32N4. The summed E-state index contributed by atoms with van der Waals surface area (Å²) >= 11 is 0. The second-order valence-electron chi connectivity index (χ2n) is 6.74. The van der Waals surface area contributed by atoms with Crippen molar-refractivity contribution in [2.45, 2.75) is 52.0 Å². The van der Waals surface area contributed by atoms with Crippen LogP contribution in [0.4, 0.5) is 0 Å². The Labute approximate surface area is 124 Å². The highest BCUT2D eigenvalue weighted by molar-refractivity contribution is 5.80. The van der Waals surface area contributed by atoms with Crippen LogP contribution in [0.15, 0.2) is 4.99 Å². The Hall–Kier alpha value is -0.770. The van der Waals surface area contributed by atoms with E-state index in [-0.39, 0.29) is 0 Å². The summed E-state index contributed by atoms with van der Waals surface area (Å²) in [6.45, 7) is 8.84. The fourth-order valence-corrected chi connectivity index (χ4v) is 3.31. The second kappa shape index (κ2) is 7.87. The molecule has 1 saturated heterocycles. The summed E-state index contributed by atoms with van der Waals surface area (Å²) in [7, 11) is 2.20. The Morgan fingerprint density at radius 1 is 1.20 bits per heavy atom. The molecule has 0 bridgehead atoms. The summed E-state index contributed by atoms with van der Waals surface area (Å²) < 4.78 is 0. The highest BCUT2D eigenvalue weighted by Gasteiger charge is 2.21. The zero-order valence-corrected chi connectivity index (χ0v) is 13.5. The lowest BCUT2D eigenvalue weighted by molar-refractivity contribution is 0.329. The molecule has 20 heavy (non-hydrogen) atoms. The van der Waals surface area contributed by atoms with E-state index in [4.69, 9.17) is 4.99 Å². The van der Waals surface area contributed by atoms with Crippen molar-refractivity contribution in [1.82, 2.24) is 15.5 Å². The molecule has 1 heterocycles. The van der Waals surface area contributed by atoms with Gasteiger partial charge in [0, 0.05) is 25.7 Å². The van der Waals surface area contributed by atoms with Gasteiger partial charge in [-0.3, -0.25) is 4.99 Å². The molecule has 1 unspecified atom stereocenters. The van der Waals surface area contributed by atoms with Crippen molar-refractivity contribution in [3.63, 3.8) is 0 Å². The zero-order valence-electron chi connectivity index (χ0n) is 13.5. The molecule has 0 aromatic rings. The average molecular weight is 280 g/mol. The molecule has 0 spiro atoms. The Bertz CT molecular complexity index is 308. The van der Waals surface area contributed by atoms with Crippen LogP contribution in [-0.4, -0.2) is 50.1 Å². The number of nitrogens with one attached hydrogen (secondary N) is 2. The Kier molecular flexibility index (Phi) is 6.14. The SMILES string of the molecule is CCNC(=NCC1CCN(C)C1)NC1CCC(C)CC1. The van der Waals surface area contributed by atoms with Gasteiger partial charge in [0.2, 0.25) is 0 Å². The molecule has 4 nitrogen and oxygen atoms in total. The monoisotopic (exact) mass is 280 g/mol. The lowest BCUT2D eigenvalue weighted by Gasteiger charge is -2.28. The van der Waals surface area contributed by atoms with Crippen molar-refractivity contribution < 1.29 is 0 Å². The van der Waals surface area contributed by atoms with Crippen LogP contribution in [0.2, 0.25) is 0 Å². The molecule has 1 atom stereocenters. The molecule has 0 amide bonds. The maximum absolute atomic E-state index is 4.81. The molecule has 1 aliphatic heterocycles. The van der Waals surface area contributed by atoms with Gasteiger partial charge in [-0.15, -0.1) is 0 Å². The van der Waals surface area contributed by atoms with Gasteiger partial charge in [0.1, 0.15) is 0 Å². The van der Waals surface area contributed by atoms with Crippen molar-refractivity contribution >= 4 is 5.96 Å². The van der Waals surface area contributed by atoms with Crippen molar-refractivity contribution in [2.75, 3.05) is 33.2 Å². The van der Waals surface area contributed by atoms with Crippen LogP contribution in [-0.2, 0) is 0 Å². The maximum atomic E-state index is 4.81. The molecule has 1 saturated carbocycles. The van der Waals surface area contributed by atoms with Gasteiger partial charge in [-0.1, -0.05) is 6.92 Å². The molecule has 0 radical (unpaired) electrons. The van der Waals surface area contributed by atoms with Gasteiger partial charge in [0.15, 0.2) is 5.96 Å². The van der Waals surface area contributed by atoms with E-state index in [0.717, 1.165) is 30.9 Å². The van der Waals surface area contributed by atoms with E-state index in [2.05, 4.69) is 36.4 Å². The van der Waals surface area contributed by atoms with E-state index in [1.165, 1.54) is 45.2 Å². The minimum atomic E-state index is 0.621. The van der Waals surface area contributed by atoms with E-state index in [9.17, 15) is 0 Å². The summed E-state index contributed by atoms with van der Waals surface area (Å²) in [6, 6.07) is 0.621. The fraction of sp³-hybridized carbons (Fsp3) is 0.938. The molecule has 2 fully saturated rings. The van der Waals surface area contributed by atoms with E-state index in [1.54, 1.807) is 0 Å². The molecule has 2 aliphatic rings. The minimum absolute atomic E-state index is 0.621. The third kappa shape index (κ3) is 4.97. The zero-order chi connectivity index (χ0) is 14.4. The molecule has 2 N–H and O–H groups in total. The highest BCUT2D eigenvalue weighted by atomic mass is 15.2. The third-order valence-corrected chi connectivity index (χ3v) is 4.70. The first-order chi connectivity index (χ1) is 9.67. The van der Waals surface area contributed by atoms with E-state index in [1.807, 2.05) is 0 Å². The summed E-state index contributed by atoms with van der Waals surface area (Å²) in [5, 5.41) is 7.04. The van der Waals surface area contributed by atoms with Gasteiger partial charge in [0.05, 0.1) is 0 Å². The predicted octanol–water partition coefficient (Wildman–Crippen LogP) is 2.07. The normalized spacial score (nSPS) is 32.4. The molecular weight excluding hydrogens is 248 g/mol. The largest absolute Gasteiger partial charge is 0.357 e. The van der Waals surface area contributed by atoms with Crippen molar-refractivity contribution in [3.8, 4) is 0 Å². The summed E-state index contributed by atoms with van der Waals surface area (Å²) in [5.74, 6) is 2.67. The van der Waals surface area contributed by atoms with Crippen LogP contribution < -0.4 is 10.6 Å². The van der Waals surface area contributed by atoms with Crippen LogP contribution in [0.25, 0.3) is 0 Å². The highest BCUT2D eigenvalue weighted by Crippen LogP contribution is 2.23. The lowest BCUT2D eigenvalue weighted by Crippen LogP contribution is -2.45. The van der Waals surface area contributed by atoms with Gasteiger partial charge in [-0.2, -0.15) is 0 Å². The average Bonchev–Trinajstić information content (AvgIpc) is 2.85. The number of hydrogen-bond acceptors (Lipinski definition) is 2. The molecule has 0 aromatic heterocycles. The molecule has 4 heteroatoms. The molecule has 0 aromatic carbocycles. The van der Waals surface area contributed by atoms with Gasteiger partial charge in [-0.05, 0) is 64.5 Å². The standard InChI is InChI=1S/C16H32N4/c1-4-17-16(18-11-14-9-10-20(3)12-14)19-15-7-5-13(2)6-8-15/h13-15H,4-12H2,1-3H3,(H2,17,18,19). The lowest BCUT2D eigenvalue weighted by atomic mass is 9.87. The topological polar surface area (TPSA) is 39.7 Å². The van der Waals surface area contributed by atoms with Crippen LogP contribution in [0.1, 0.15) is 46.0 Å². The van der Waals surface area contributed by atoms with E-state index < -0.39 is 0 Å².